The molecule has 62 heavy (non-hydrogen) atoms. The van der Waals surface area contributed by atoms with Gasteiger partial charge in [0.2, 0.25) is 0 Å². The Balaban J connectivity index is 1.14. The van der Waals surface area contributed by atoms with Gasteiger partial charge in [-0.1, -0.05) is 152 Å². The molecular formula is C59H36N2S. The van der Waals surface area contributed by atoms with Crippen molar-refractivity contribution >= 4 is 81.1 Å². The summed E-state index contributed by atoms with van der Waals surface area (Å²) in [6, 6.07) is 62.3. The highest BCUT2D eigenvalue weighted by Crippen LogP contribution is 2.62. The summed E-state index contributed by atoms with van der Waals surface area (Å²) in [5.74, 6) is 0. The average molecular weight is 811 g/mol. The zero-order chi connectivity index (χ0) is 45.7. The van der Waals surface area contributed by atoms with Crippen molar-refractivity contribution in [3.8, 4) is 27.9 Å². The molecule has 10 aromatic carbocycles. The van der Waals surface area contributed by atoms with Crippen LogP contribution in [-0.4, -0.2) is 4.57 Å². The van der Waals surface area contributed by atoms with Crippen LogP contribution in [-0.2, 0) is 5.41 Å². The van der Waals surface area contributed by atoms with Crippen molar-refractivity contribution in [3.63, 3.8) is 0 Å². The Hall–Kier alpha value is -7.72. The summed E-state index contributed by atoms with van der Waals surface area (Å²) in [7, 11) is 0. The van der Waals surface area contributed by atoms with E-state index in [9.17, 15) is 6.85 Å². The molecule has 1 spiro atoms. The lowest BCUT2D eigenvalue weighted by atomic mass is 9.61. The van der Waals surface area contributed by atoms with Gasteiger partial charge < -0.3 is 9.47 Å². The molecule has 0 amide bonds. The van der Waals surface area contributed by atoms with Crippen molar-refractivity contribution in [2.45, 2.75) is 5.41 Å². The third kappa shape index (κ3) is 4.42. The number of benzene rings is 10. The summed E-state index contributed by atoms with van der Waals surface area (Å²) in [6.45, 7) is 0. The number of aromatic nitrogens is 1. The molecule has 0 saturated heterocycles. The van der Waals surface area contributed by atoms with Gasteiger partial charge in [0.25, 0.3) is 0 Å². The lowest BCUT2D eigenvalue weighted by molar-refractivity contribution is 0.773. The van der Waals surface area contributed by atoms with Crippen molar-refractivity contribution in [1.29, 1.82) is 0 Å². The maximum atomic E-state index is 9.93. The van der Waals surface area contributed by atoms with E-state index >= 15 is 0 Å². The van der Waals surface area contributed by atoms with Crippen molar-refractivity contribution in [1.82, 2.24) is 4.57 Å². The lowest BCUT2D eigenvalue weighted by Crippen LogP contribution is -2.32. The molecule has 0 bridgehead atoms. The minimum atomic E-state index is -1.19. The molecule has 2 aliphatic carbocycles. The van der Waals surface area contributed by atoms with Gasteiger partial charge in [-0.2, -0.15) is 0 Å². The van der Waals surface area contributed by atoms with Crippen molar-refractivity contribution < 1.29 is 8.22 Å². The number of nitrogens with zero attached hydrogens (tertiary/aromatic N) is 2. The van der Waals surface area contributed by atoms with Crippen LogP contribution in [0.1, 0.15) is 30.5 Å². The summed E-state index contributed by atoms with van der Waals surface area (Å²) >= 11 is 1.77. The first-order valence-electron chi connectivity index (χ1n) is 23.9. The fourth-order valence-corrected chi connectivity index (χ4v) is 12.0. The quantitative estimate of drug-likeness (QED) is 0.172. The fraction of sp³-hybridized carbons (Fsp3) is 0.0169. The highest BCUT2D eigenvalue weighted by molar-refractivity contribution is 7.26. The predicted molar refractivity (Wildman–Crippen MR) is 262 cm³/mol. The fourth-order valence-electron chi connectivity index (χ4n) is 10.9. The Labute approximate surface area is 371 Å². The van der Waals surface area contributed by atoms with Crippen LogP contribution in [0.4, 0.5) is 17.1 Å². The molecule has 2 nitrogen and oxygen atoms in total. The molecule has 2 aliphatic rings. The van der Waals surface area contributed by atoms with E-state index in [1.165, 1.54) is 4.70 Å². The number of rotatable bonds is 4. The number of hydrogen-bond donors (Lipinski definition) is 0. The van der Waals surface area contributed by atoms with E-state index < -0.39 is 5.41 Å². The first kappa shape index (κ1) is 28.7. The van der Waals surface area contributed by atoms with Gasteiger partial charge in [0, 0.05) is 48.0 Å². The number of anilines is 3. The van der Waals surface area contributed by atoms with Crippen LogP contribution in [0, 0.1) is 0 Å². The topological polar surface area (TPSA) is 8.17 Å². The number of thiophene rings is 1. The average Bonchev–Trinajstić information content (AvgIpc) is 4.02. The van der Waals surface area contributed by atoms with Crippen LogP contribution >= 0.6 is 11.3 Å². The van der Waals surface area contributed by atoms with Gasteiger partial charge in [-0.15, -0.1) is 11.3 Å². The van der Waals surface area contributed by atoms with Gasteiger partial charge >= 0.3 is 0 Å². The summed E-state index contributed by atoms with van der Waals surface area (Å²) < 4.78 is 61.1. The van der Waals surface area contributed by atoms with E-state index in [4.69, 9.17) is 1.37 Å². The SMILES string of the molecule is [2H]c1c([2H])c2c3c(c([2H])c([2H])c([2H])c3c1[2H])C1(c3ccccc3-c3ccccc31)c1cc(N(c3ccc4c(c3)c3ccccc3n4-c3ccccc3)c3cccc4sc5ccccc5c34)ccc1-2. The second-order valence-corrected chi connectivity index (χ2v) is 17.4. The Bertz CT molecular complexity index is 4140. The highest BCUT2D eigenvalue weighted by atomic mass is 32.1. The van der Waals surface area contributed by atoms with Gasteiger partial charge in [0.1, 0.15) is 0 Å². The molecular weight excluding hydrogens is 769 g/mol. The molecule has 0 radical (unpaired) electrons. The number of para-hydroxylation sites is 2. The minimum Gasteiger partial charge on any atom is -0.310 e. The van der Waals surface area contributed by atoms with Gasteiger partial charge in [0.15, 0.2) is 0 Å². The first-order valence-corrected chi connectivity index (χ1v) is 21.8. The molecule has 0 aliphatic heterocycles. The Morgan fingerprint density at radius 3 is 1.92 bits per heavy atom. The van der Waals surface area contributed by atoms with Gasteiger partial charge in [-0.3, -0.25) is 0 Å². The van der Waals surface area contributed by atoms with E-state index in [-0.39, 0.29) is 41.6 Å². The van der Waals surface area contributed by atoms with Crippen LogP contribution in [0.25, 0.3) is 80.7 Å². The maximum Gasteiger partial charge on any atom is 0.0726 e. The largest absolute Gasteiger partial charge is 0.310 e. The van der Waals surface area contributed by atoms with E-state index in [0.29, 0.717) is 22.1 Å². The molecule has 2 heterocycles. The zero-order valence-electron chi connectivity index (χ0n) is 39.1. The second-order valence-electron chi connectivity index (χ2n) is 16.3. The molecule has 12 aromatic rings. The molecule has 0 N–H and O–H groups in total. The summed E-state index contributed by atoms with van der Waals surface area (Å²) in [6.07, 6.45) is 0. The van der Waals surface area contributed by atoms with E-state index in [1.807, 2.05) is 30.3 Å². The predicted octanol–water partition coefficient (Wildman–Crippen LogP) is 16.1. The van der Waals surface area contributed by atoms with Crippen LogP contribution in [0.2, 0.25) is 0 Å². The maximum absolute atomic E-state index is 9.93. The zero-order valence-corrected chi connectivity index (χ0v) is 33.9. The Kier molecular flexibility index (Phi) is 5.86. The van der Waals surface area contributed by atoms with E-state index in [0.717, 1.165) is 87.8 Å². The molecule has 0 atom stereocenters. The molecule has 2 aromatic heterocycles. The lowest BCUT2D eigenvalue weighted by Gasteiger charge is -2.41. The van der Waals surface area contributed by atoms with E-state index in [2.05, 4.69) is 161 Å². The van der Waals surface area contributed by atoms with Gasteiger partial charge in [-0.05, 0) is 122 Å². The third-order valence-electron chi connectivity index (χ3n) is 13.3. The molecule has 3 heteroatoms. The normalized spacial score (nSPS) is 14.6. The molecule has 288 valence electrons. The molecule has 0 saturated carbocycles. The molecule has 0 fully saturated rings. The third-order valence-corrected chi connectivity index (χ3v) is 14.4. The summed E-state index contributed by atoms with van der Waals surface area (Å²) in [5, 5.41) is 5.08. The second kappa shape index (κ2) is 12.7. The van der Waals surface area contributed by atoms with Crippen LogP contribution in [0.3, 0.4) is 0 Å². The Morgan fingerprint density at radius 2 is 1.08 bits per heavy atom. The summed E-state index contributed by atoms with van der Waals surface area (Å²) in [4.78, 5) is 2.34. The van der Waals surface area contributed by atoms with Crippen LogP contribution in [0.15, 0.2) is 218 Å². The number of hydrogen-bond acceptors (Lipinski definition) is 2. The van der Waals surface area contributed by atoms with Crippen molar-refractivity contribution in [2.24, 2.45) is 0 Å². The summed E-state index contributed by atoms with van der Waals surface area (Å²) in [5.41, 5.74) is 11.1. The first-order chi connectivity index (χ1) is 33.3. The smallest absolute Gasteiger partial charge is 0.0726 e. The van der Waals surface area contributed by atoms with Crippen molar-refractivity contribution in [2.75, 3.05) is 4.90 Å². The van der Waals surface area contributed by atoms with E-state index in [1.54, 1.807) is 11.3 Å². The van der Waals surface area contributed by atoms with Crippen LogP contribution in [0.5, 0.6) is 0 Å². The Morgan fingerprint density at radius 1 is 0.435 bits per heavy atom. The van der Waals surface area contributed by atoms with Crippen LogP contribution < -0.4 is 4.90 Å². The van der Waals surface area contributed by atoms with Gasteiger partial charge in [-0.25, -0.2) is 0 Å². The number of fused-ring (bicyclic) bond motifs is 15. The van der Waals surface area contributed by atoms with Crippen molar-refractivity contribution in [3.05, 3.63) is 240 Å². The monoisotopic (exact) mass is 810 g/mol. The molecule has 14 rings (SSSR count). The van der Waals surface area contributed by atoms with Gasteiger partial charge in [0.05, 0.1) is 30.4 Å². The standard InChI is InChI=1S/C59H36N2S/c1-2-17-38(18-3-1)61-52-27-10-6-21-44(52)47-35-39(32-34-53(47)61)60(54-28-14-30-56-58(54)46-22-7-11-29-55(46)62-56)40-31-33-43-45-23-12-15-37-16-13-26-50(57(37)45)59(51(43)36-40)48-24-8-4-19-41(48)42-20-5-9-25-49(42)59/h1-36H/i12D,13D,15D,16D,23D,26D. The minimum absolute atomic E-state index is 0.116. The highest BCUT2D eigenvalue weighted by Gasteiger charge is 2.50. The molecule has 0 unspecified atom stereocenters.